The smallest absolute Gasteiger partial charge is 0.217 e. The molecule has 6 aromatic rings. The van der Waals surface area contributed by atoms with Gasteiger partial charge in [0.1, 0.15) is 12.7 Å². The van der Waals surface area contributed by atoms with E-state index in [1.165, 1.54) is 6.33 Å². The predicted molar refractivity (Wildman–Crippen MR) is 154 cm³/mol. The molecule has 10 heteroatoms. The number of hydrogen-bond acceptors (Lipinski definition) is 8. The van der Waals surface area contributed by atoms with E-state index in [1.54, 1.807) is 36.0 Å². The van der Waals surface area contributed by atoms with Gasteiger partial charge in [0.05, 0.1) is 30.2 Å². The molecule has 206 valence electrons. The second-order valence-corrected chi connectivity index (χ2v) is 10.2. The highest BCUT2D eigenvalue weighted by atomic mass is 16.5. The van der Waals surface area contributed by atoms with Gasteiger partial charge in [-0.1, -0.05) is 29.5 Å². The van der Waals surface area contributed by atoms with E-state index < -0.39 is 5.60 Å². The zero-order valence-electron chi connectivity index (χ0n) is 23.6. The fourth-order valence-corrected chi connectivity index (χ4v) is 5.48. The van der Waals surface area contributed by atoms with E-state index in [4.69, 9.17) is 9.72 Å². The molecule has 2 aromatic carbocycles. The molecular formula is C31H30N8O2. The van der Waals surface area contributed by atoms with Crippen LogP contribution in [-0.2, 0) is 19.1 Å². The summed E-state index contributed by atoms with van der Waals surface area (Å²) >= 11 is 0. The first-order valence-electron chi connectivity index (χ1n) is 13.2. The zero-order chi connectivity index (χ0) is 28.7. The molecule has 0 spiro atoms. The molecule has 1 atom stereocenters. The Balaban J connectivity index is 1.48. The molecule has 0 fully saturated rings. The van der Waals surface area contributed by atoms with Crippen LogP contribution in [0.15, 0.2) is 73.4 Å². The average molecular weight is 547 g/mol. The van der Waals surface area contributed by atoms with E-state index in [1.807, 2.05) is 56.3 Å². The molecule has 0 aliphatic rings. The Morgan fingerprint density at radius 1 is 0.976 bits per heavy atom. The summed E-state index contributed by atoms with van der Waals surface area (Å²) in [4.78, 5) is 13.5. The lowest BCUT2D eigenvalue weighted by atomic mass is 9.81. The third kappa shape index (κ3) is 4.52. The summed E-state index contributed by atoms with van der Waals surface area (Å²) in [7, 11) is 3.41. The van der Waals surface area contributed by atoms with E-state index in [0.717, 1.165) is 44.7 Å². The second kappa shape index (κ2) is 10.2. The highest BCUT2D eigenvalue weighted by molar-refractivity contribution is 5.85. The van der Waals surface area contributed by atoms with Gasteiger partial charge in [-0.15, -0.1) is 5.10 Å². The number of pyridine rings is 2. The van der Waals surface area contributed by atoms with E-state index in [9.17, 15) is 5.11 Å². The molecule has 0 radical (unpaired) electrons. The van der Waals surface area contributed by atoms with Crippen molar-refractivity contribution in [2.45, 2.75) is 32.8 Å². The second-order valence-electron chi connectivity index (χ2n) is 10.2. The van der Waals surface area contributed by atoms with E-state index in [2.05, 4.69) is 44.4 Å². The van der Waals surface area contributed by atoms with E-state index >= 15 is 0 Å². The maximum Gasteiger partial charge on any atom is 0.217 e. The van der Waals surface area contributed by atoms with Crippen molar-refractivity contribution in [1.82, 2.24) is 39.7 Å². The number of methoxy groups -OCH3 is 1. The maximum absolute atomic E-state index is 12.5. The van der Waals surface area contributed by atoms with Crippen molar-refractivity contribution in [2.75, 3.05) is 7.11 Å². The molecule has 0 bridgehead atoms. The monoisotopic (exact) mass is 546 g/mol. The summed E-state index contributed by atoms with van der Waals surface area (Å²) in [6.45, 7) is 5.91. The molecule has 0 amide bonds. The number of rotatable bonds is 7. The first-order valence-corrected chi connectivity index (χ1v) is 13.2. The van der Waals surface area contributed by atoms with Gasteiger partial charge in [0.15, 0.2) is 5.60 Å². The van der Waals surface area contributed by atoms with Crippen LogP contribution < -0.4 is 4.74 Å². The lowest BCUT2D eigenvalue weighted by molar-refractivity contribution is 0.115. The van der Waals surface area contributed by atoms with Crippen molar-refractivity contribution in [3.63, 3.8) is 0 Å². The molecule has 41 heavy (non-hydrogen) atoms. The van der Waals surface area contributed by atoms with Gasteiger partial charge in [-0.25, -0.2) is 19.3 Å². The van der Waals surface area contributed by atoms with Crippen LogP contribution in [0.5, 0.6) is 5.88 Å². The highest BCUT2D eigenvalue weighted by Gasteiger charge is 2.39. The molecule has 10 nitrogen and oxygen atoms in total. The summed E-state index contributed by atoms with van der Waals surface area (Å²) in [5.41, 5.74) is 6.75. The van der Waals surface area contributed by atoms with Crippen LogP contribution in [-0.4, -0.2) is 51.9 Å². The number of aliphatic hydroxyl groups is 1. The summed E-state index contributed by atoms with van der Waals surface area (Å²) < 4.78 is 9.06. The van der Waals surface area contributed by atoms with Crippen molar-refractivity contribution >= 4 is 10.9 Å². The lowest BCUT2D eigenvalue weighted by Gasteiger charge is -2.30. The molecule has 0 saturated carbocycles. The Bertz CT molecular complexity index is 1860. The Morgan fingerprint density at radius 2 is 1.78 bits per heavy atom. The van der Waals surface area contributed by atoms with Gasteiger partial charge in [0.25, 0.3) is 0 Å². The summed E-state index contributed by atoms with van der Waals surface area (Å²) in [5.74, 6) is 0.577. The summed E-state index contributed by atoms with van der Waals surface area (Å²) in [5, 5.41) is 25.8. The number of hydrogen-bond donors (Lipinski definition) is 1. The fraction of sp³-hybridized carbons (Fsp3) is 0.226. The third-order valence-corrected chi connectivity index (χ3v) is 7.65. The van der Waals surface area contributed by atoms with Gasteiger partial charge in [0.2, 0.25) is 5.88 Å². The van der Waals surface area contributed by atoms with Gasteiger partial charge < -0.3 is 9.84 Å². The number of nitrogens with zero attached hydrogens (tertiary/aromatic N) is 8. The van der Waals surface area contributed by atoms with Crippen molar-refractivity contribution in [3.8, 4) is 11.6 Å². The average Bonchev–Trinajstić information content (AvgIpc) is 3.67. The minimum Gasteiger partial charge on any atom is -0.481 e. The Hall–Kier alpha value is -4.96. The van der Waals surface area contributed by atoms with Crippen molar-refractivity contribution in [1.29, 1.82) is 0 Å². The molecule has 1 unspecified atom stereocenters. The van der Waals surface area contributed by atoms with E-state index in [-0.39, 0.29) is 0 Å². The SMILES string of the molecule is COc1nc2ccc(C(O)(c3ccc(C)nc3C)c3cnnn3C)cc2c(C)c1Cc1ccc(-n2cncn2)cc1. The highest BCUT2D eigenvalue weighted by Crippen LogP contribution is 2.40. The van der Waals surface area contributed by atoms with Crippen molar-refractivity contribution in [2.24, 2.45) is 7.05 Å². The molecule has 1 N–H and O–H groups in total. The van der Waals surface area contributed by atoms with Gasteiger partial charge in [-0.3, -0.25) is 4.98 Å². The Labute approximate surface area is 237 Å². The molecule has 4 heterocycles. The fourth-order valence-electron chi connectivity index (χ4n) is 5.48. The lowest BCUT2D eigenvalue weighted by Crippen LogP contribution is -2.32. The van der Waals surface area contributed by atoms with E-state index in [0.29, 0.717) is 29.1 Å². The molecule has 0 saturated heterocycles. The van der Waals surface area contributed by atoms with Crippen LogP contribution in [0.4, 0.5) is 0 Å². The minimum absolute atomic E-state index is 0.539. The number of benzene rings is 2. The molecular weight excluding hydrogens is 516 g/mol. The Kier molecular flexibility index (Phi) is 6.55. The summed E-state index contributed by atoms with van der Waals surface area (Å²) in [6.07, 6.45) is 5.40. The van der Waals surface area contributed by atoms with Gasteiger partial charge in [0, 0.05) is 41.4 Å². The number of ether oxygens (including phenoxy) is 1. The Morgan fingerprint density at radius 3 is 2.44 bits per heavy atom. The van der Waals surface area contributed by atoms with Crippen LogP contribution >= 0.6 is 0 Å². The molecule has 6 rings (SSSR count). The molecule has 0 aliphatic carbocycles. The minimum atomic E-state index is -1.54. The summed E-state index contributed by atoms with van der Waals surface area (Å²) in [6, 6.07) is 17.8. The van der Waals surface area contributed by atoms with Gasteiger partial charge >= 0.3 is 0 Å². The number of aryl methyl sites for hydroxylation is 4. The first-order chi connectivity index (χ1) is 19.8. The number of aromatic nitrogens is 8. The van der Waals surface area contributed by atoms with Crippen molar-refractivity contribution in [3.05, 3.63) is 118 Å². The van der Waals surface area contributed by atoms with Crippen LogP contribution in [0.3, 0.4) is 0 Å². The maximum atomic E-state index is 12.5. The van der Waals surface area contributed by atoms with Crippen LogP contribution in [0.1, 0.15) is 44.9 Å². The van der Waals surface area contributed by atoms with Gasteiger partial charge in [-0.05, 0) is 67.8 Å². The zero-order valence-corrected chi connectivity index (χ0v) is 23.6. The van der Waals surface area contributed by atoms with Crippen molar-refractivity contribution < 1.29 is 9.84 Å². The molecule has 0 aliphatic heterocycles. The molecule has 4 aromatic heterocycles. The largest absolute Gasteiger partial charge is 0.481 e. The predicted octanol–water partition coefficient (Wildman–Crippen LogP) is 4.15. The number of fused-ring (bicyclic) bond motifs is 1. The van der Waals surface area contributed by atoms with Crippen LogP contribution in [0, 0.1) is 20.8 Å². The quantitative estimate of drug-likeness (QED) is 0.318. The third-order valence-electron chi connectivity index (χ3n) is 7.65. The topological polar surface area (TPSA) is 117 Å². The standard InChI is InChI=1S/C31H30N8O2/c1-19-6-12-27(21(3)35-19)31(40,29-16-33-37-38(29)4)23-9-13-28-25(15-23)20(2)26(30(36-28)41-5)14-22-7-10-24(11-8-22)39-18-32-17-34-39/h6-13,15-18,40H,14H2,1-5H3. The van der Waals surface area contributed by atoms with Crippen LogP contribution in [0.2, 0.25) is 0 Å². The normalized spacial score (nSPS) is 12.9. The first kappa shape index (κ1) is 26.3. The van der Waals surface area contributed by atoms with Crippen LogP contribution in [0.25, 0.3) is 16.6 Å². The van der Waals surface area contributed by atoms with Gasteiger partial charge in [-0.2, -0.15) is 5.10 Å².